The molecule has 1 saturated heterocycles. The summed E-state index contributed by atoms with van der Waals surface area (Å²) in [5, 5.41) is 2.96. The Morgan fingerprint density at radius 3 is 2.38 bits per heavy atom. The van der Waals surface area contributed by atoms with E-state index in [0.29, 0.717) is 6.42 Å². The van der Waals surface area contributed by atoms with Crippen LogP contribution in [0.15, 0.2) is 0 Å². The Kier molecular flexibility index (Phi) is 5.65. The zero-order valence-corrected chi connectivity index (χ0v) is 13.6. The van der Waals surface area contributed by atoms with Crippen LogP contribution >= 0.6 is 0 Å². The van der Waals surface area contributed by atoms with Gasteiger partial charge in [-0.1, -0.05) is 52.4 Å². The van der Waals surface area contributed by atoms with E-state index < -0.39 is 5.54 Å². The van der Waals surface area contributed by atoms with E-state index in [1.165, 1.54) is 19.3 Å². The van der Waals surface area contributed by atoms with Gasteiger partial charge in [0.1, 0.15) is 11.6 Å². The molecule has 2 fully saturated rings. The van der Waals surface area contributed by atoms with Gasteiger partial charge in [0.2, 0.25) is 11.8 Å². The van der Waals surface area contributed by atoms with Crippen molar-refractivity contribution >= 4 is 11.8 Å². The molecule has 2 rings (SSSR count). The summed E-state index contributed by atoms with van der Waals surface area (Å²) < 4.78 is 0. The van der Waals surface area contributed by atoms with E-state index in [4.69, 9.17) is 0 Å². The Hall–Kier alpha value is -1.06. The number of rotatable bonds is 7. The van der Waals surface area contributed by atoms with Gasteiger partial charge in [-0.2, -0.15) is 0 Å². The smallest absolute Gasteiger partial charge is 0.246 e. The van der Waals surface area contributed by atoms with Crippen LogP contribution in [-0.2, 0) is 9.59 Å². The Morgan fingerprint density at radius 2 is 1.76 bits per heavy atom. The van der Waals surface area contributed by atoms with Crippen LogP contribution < -0.4 is 5.32 Å². The van der Waals surface area contributed by atoms with Gasteiger partial charge in [-0.25, -0.2) is 0 Å². The Labute approximate surface area is 128 Å². The van der Waals surface area contributed by atoms with Gasteiger partial charge in [0.25, 0.3) is 0 Å². The summed E-state index contributed by atoms with van der Waals surface area (Å²) >= 11 is 0. The van der Waals surface area contributed by atoms with E-state index >= 15 is 0 Å². The lowest BCUT2D eigenvalue weighted by Gasteiger charge is -2.46. The summed E-state index contributed by atoms with van der Waals surface area (Å²) in [4.78, 5) is 27.2. The van der Waals surface area contributed by atoms with Crippen LogP contribution in [0.3, 0.4) is 0 Å². The van der Waals surface area contributed by atoms with Gasteiger partial charge >= 0.3 is 0 Å². The van der Waals surface area contributed by atoms with Crippen molar-refractivity contribution < 1.29 is 9.59 Å². The first kappa shape index (κ1) is 16.3. The molecule has 0 bridgehead atoms. The number of piperazine rings is 1. The molecule has 2 amide bonds. The highest BCUT2D eigenvalue weighted by Crippen LogP contribution is 2.38. The van der Waals surface area contributed by atoms with Crippen molar-refractivity contribution in [3.8, 4) is 0 Å². The first-order valence-electron chi connectivity index (χ1n) is 8.78. The number of carbonyl (C=O) groups is 2. The van der Waals surface area contributed by atoms with Gasteiger partial charge in [-0.15, -0.1) is 0 Å². The van der Waals surface area contributed by atoms with Crippen LogP contribution in [0.1, 0.15) is 78.1 Å². The van der Waals surface area contributed by atoms with Crippen LogP contribution in [0.4, 0.5) is 0 Å². The van der Waals surface area contributed by atoms with Gasteiger partial charge in [0, 0.05) is 6.54 Å². The van der Waals surface area contributed by atoms with Gasteiger partial charge in [-0.05, 0) is 25.7 Å². The lowest BCUT2D eigenvalue weighted by atomic mass is 9.88. The van der Waals surface area contributed by atoms with E-state index in [2.05, 4.69) is 12.2 Å². The molecular weight excluding hydrogens is 264 g/mol. The second-order valence-corrected chi connectivity index (χ2v) is 6.58. The van der Waals surface area contributed by atoms with Crippen LogP contribution in [0, 0.1) is 0 Å². The zero-order valence-electron chi connectivity index (χ0n) is 13.6. The third kappa shape index (κ3) is 3.24. The van der Waals surface area contributed by atoms with Crippen LogP contribution in [-0.4, -0.2) is 34.8 Å². The summed E-state index contributed by atoms with van der Waals surface area (Å²) in [6.45, 7) is 4.93. The van der Waals surface area contributed by atoms with E-state index in [1.807, 2.05) is 11.8 Å². The molecule has 1 N–H and O–H groups in total. The van der Waals surface area contributed by atoms with Crippen molar-refractivity contribution in [3.05, 3.63) is 0 Å². The van der Waals surface area contributed by atoms with E-state index in [-0.39, 0.29) is 17.9 Å². The molecule has 1 unspecified atom stereocenters. The summed E-state index contributed by atoms with van der Waals surface area (Å²) in [6, 6.07) is -0.306. The Balaban J connectivity index is 2.03. The number of nitrogens with one attached hydrogen (secondary N) is 1. The minimum atomic E-state index is -0.520. The van der Waals surface area contributed by atoms with E-state index in [9.17, 15) is 9.59 Å². The fraction of sp³-hybridized carbons (Fsp3) is 0.882. The first-order chi connectivity index (χ1) is 10.2. The number of hydrogen-bond acceptors (Lipinski definition) is 2. The summed E-state index contributed by atoms with van der Waals surface area (Å²) in [6.07, 6.45) is 10.4. The molecule has 21 heavy (non-hydrogen) atoms. The molecule has 1 atom stereocenters. The van der Waals surface area contributed by atoms with Gasteiger partial charge in [-0.3, -0.25) is 9.59 Å². The predicted octanol–water partition coefficient (Wildman–Crippen LogP) is 3.01. The highest BCUT2D eigenvalue weighted by atomic mass is 16.2. The molecule has 1 saturated carbocycles. The van der Waals surface area contributed by atoms with E-state index in [0.717, 1.165) is 45.1 Å². The topological polar surface area (TPSA) is 49.4 Å². The highest BCUT2D eigenvalue weighted by molar-refractivity contribution is 6.00. The second kappa shape index (κ2) is 7.28. The second-order valence-electron chi connectivity index (χ2n) is 6.58. The minimum Gasteiger partial charge on any atom is -0.342 e. The van der Waals surface area contributed by atoms with Crippen molar-refractivity contribution in [3.63, 3.8) is 0 Å². The lowest BCUT2D eigenvalue weighted by Crippen LogP contribution is -2.69. The van der Waals surface area contributed by atoms with Gasteiger partial charge < -0.3 is 10.2 Å². The Bertz CT molecular complexity index is 375. The quantitative estimate of drug-likeness (QED) is 0.734. The van der Waals surface area contributed by atoms with Crippen molar-refractivity contribution in [2.24, 2.45) is 0 Å². The maximum atomic E-state index is 12.7. The first-order valence-corrected chi connectivity index (χ1v) is 8.78. The maximum Gasteiger partial charge on any atom is 0.246 e. The number of nitrogens with zero attached hydrogens (tertiary/aromatic N) is 1. The molecule has 1 aliphatic heterocycles. The molecule has 1 aliphatic carbocycles. The number of carbonyl (C=O) groups excluding carboxylic acids is 2. The molecule has 0 aromatic rings. The largest absolute Gasteiger partial charge is 0.342 e. The normalized spacial score (nSPS) is 24.7. The average molecular weight is 294 g/mol. The minimum absolute atomic E-state index is 0.0972. The third-order valence-corrected chi connectivity index (χ3v) is 5.13. The molecule has 4 heteroatoms. The molecule has 1 heterocycles. The molecule has 0 aromatic heterocycles. The highest BCUT2D eigenvalue weighted by Gasteiger charge is 2.52. The van der Waals surface area contributed by atoms with Crippen LogP contribution in [0.25, 0.3) is 0 Å². The monoisotopic (exact) mass is 294 g/mol. The molecule has 0 aromatic carbocycles. The third-order valence-electron chi connectivity index (χ3n) is 5.13. The SMILES string of the molecule is CCCCCCCN1C(=O)C(CC)NC(=O)C12CCCC2. The van der Waals surface area contributed by atoms with E-state index in [1.54, 1.807) is 0 Å². The maximum absolute atomic E-state index is 12.7. The van der Waals surface area contributed by atoms with Gasteiger partial charge in [0.05, 0.1) is 0 Å². The Morgan fingerprint density at radius 1 is 1.10 bits per heavy atom. The van der Waals surface area contributed by atoms with Crippen LogP contribution in [0.5, 0.6) is 0 Å². The summed E-state index contributed by atoms with van der Waals surface area (Å²) in [5.74, 6) is 0.245. The zero-order chi connectivity index (χ0) is 15.3. The number of unbranched alkanes of at least 4 members (excludes halogenated alkanes) is 4. The summed E-state index contributed by atoms with van der Waals surface area (Å²) in [5.41, 5.74) is -0.520. The standard InChI is InChI=1S/C17H30N2O2/c1-3-5-6-7-10-13-19-15(20)14(4-2)18-16(21)17(19)11-8-9-12-17/h14H,3-13H2,1-2H3,(H,18,21). The predicted molar refractivity (Wildman–Crippen MR) is 83.9 cm³/mol. The van der Waals surface area contributed by atoms with Gasteiger partial charge in [0.15, 0.2) is 0 Å². The van der Waals surface area contributed by atoms with Crippen LogP contribution in [0.2, 0.25) is 0 Å². The lowest BCUT2D eigenvalue weighted by molar-refractivity contribution is -0.157. The molecule has 2 aliphatic rings. The van der Waals surface area contributed by atoms with Crippen molar-refractivity contribution in [1.29, 1.82) is 0 Å². The van der Waals surface area contributed by atoms with Crippen molar-refractivity contribution in [2.45, 2.75) is 89.6 Å². The van der Waals surface area contributed by atoms with Crippen molar-refractivity contribution in [1.82, 2.24) is 10.2 Å². The fourth-order valence-corrected chi connectivity index (χ4v) is 3.81. The molecule has 0 radical (unpaired) electrons. The molecule has 1 spiro atoms. The molecule has 120 valence electrons. The van der Waals surface area contributed by atoms with Crippen molar-refractivity contribution in [2.75, 3.05) is 6.54 Å². The summed E-state index contributed by atoms with van der Waals surface area (Å²) in [7, 11) is 0. The average Bonchev–Trinajstić information content (AvgIpc) is 2.96. The number of amides is 2. The molecular formula is C17H30N2O2. The fourth-order valence-electron chi connectivity index (χ4n) is 3.81. The molecule has 4 nitrogen and oxygen atoms in total. The number of hydrogen-bond donors (Lipinski definition) is 1.